The van der Waals surface area contributed by atoms with Gasteiger partial charge in [0.05, 0.1) is 0 Å². The Bertz CT molecular complexity index is 314. The van der Waals surface area contributed by atoms with Crippen LogP contribution >= 0.6 is 15.9 Å². The number of primary amides is 1. The molecule has 5 heteroatoms. The van der Waals surface area contributed by atoms with Gasteiger partial charge in [-0.3, -0.25) is 0 Å². The minimum atomic E-state index is -0.591. The van der Waals surface area contributed by atoms with Gasteiger partial charge in [-0.1, -0.05) is 0 Å². The quantitative estimate of drug-likeness (QED) is 0.639. The van der Waals surface area contributed by atoms with Crippen molar-refractivity contribution < 1.29 is 4.79 Å². The van der Waals surface area contributed by atoms with E-state index in [0.29, 0.717) is 11.4 Å². The van der Waals surface area contributed by atoms with Crippen LogP contribution in [0.2, 0.25) is 0 Å². The van der Waals surface area contributed by atoms with Crippen LogP contribution in [0.15, 0.2) is 22.7 Å². The maximum atomic E-state index is 10.4. The van der Waals surface area contributed by atoms with Crippen molar-refractivity contribution in [2.45, 2.75) is 0 Å². The third kappa shape index (κ3) is 2.13. The van der Waals surface area contributed by atoms with Gasteiger partial charge in [-0.2, -0.15) is 0 Å². The molecule has 0 aromatic heterocycles. The molecular formula is C7H8BrN3O. The average molecular weight is 230 g/mol. The largest absolute Gasteiger partial charge is 0.398 e. The van der Waals surface area contributed by atoms with Crippen LogP contribution < -0.4 is 16.8 Å². The molecule has 0 spiro atoms. The van der Waals surface area contributed by atoms with Crippen molar-refractivity contribution >= 4 is 33.3 Å². The number of carbonyl (C=O) groups excluding carboxylic acids is 1. The molecule has 0 heterocycles. The number of nitrogens with one attached hydrogen (secondary N) is 1. The number of nitrogens with two attached hydrogens (primary N) is 2. The van der Waals surface area contributed by atoms with E-state index in [2.05, 4.69) is 21.2 Å². The third-order valence-corrected chi connectivity index (χ3v) is 1.95. The fraction of sp³-hybridized carbons (Fsp3) is 0. The smallest absolute Gasteiger partial charge is 0.316 e. The number of anilines is 2. The lowest BCUT2D eigenvalue weighted by Gasteiger charge is -2.03. The molecular weight excluding hydrogens is 222 g/mol. The Labute approximate surface area is 78.1 Å². The topological polar surface area (TPSA) is 81.1 Å². The molecule has 1 rings (SSSR count). The maximum Gasteiger partial charge on any atom is 0.316 e. The monoisotopic (exact) mass is 229 g/mol. The SMILES string of the molecule is NC(=O)Nc1ccc(N)c(Br)c1. The Morgan fingerprint density at radius 1 is 1.50 bits per heavy atom. The predicted molar refractivity (Wildman–Crippen MR) is 51.8 cm³/mol. The van der Waals surface area contributed by atoms with Crippen molar-refractivity contribution in [3.8, 4) is 0 Å². The van der Waals surface area contributed by atoms with Crippen LogP contribution in [0.3, 0.4) is 0 Å². The summed E-state index contributed by atoms with van der Waals surface area (Å²) < 4.78 is 0.730. The predicted octanol–water partition coefficient (Wildman–Crippen LogP) is 1.52. The Hall–Kier alpha value is -1.23. The number of benzene rings is 1. The van der Waals surface area contributed by atoms with Crippen LogP contribution in [0.5, 0.6) is 0 Å². The molecule has 64 valence electrons. The van der Waals surface area contributed by atoms with Gasteiger partial charge in [-0.05, 0) is 34.1 Å². The highest BCUT2D eigenvalue weighted by atomic mass is 79.9. The molecule has 12 heavy (non-hydrogen) atoms. The van der Waals surface area contributed by atoms with Gasteiger partial charge in [0.2, 0.25) is 0 Å². The Kier molecular flexibility index (Phi) is 2.54. The van der Waals surface area contributed by atoms with Crippen molar-refractivity contribution in [2.75, 3.05) is 11.1 Å². The summed E-state index contributed by atoms with van der Waals surface area (Å²) in [5.41, 5.74) is 11.7. The number of nitrogen functional groups attached to an aromatic ring is 1. The summed E-state index contributed by atoms with van der Waals surface area (Å²) in [7, 11) is 0. The molecule has 1 aromatic rings. The van der Waals surface area contributed by atoms with Crippen LogP contribution in [0, 0.1) is 0 Å². The Balaban J connectivity index is 2.89. The summed E-state index contributed by atoms with van der Waals surface area (Å²) in [6.45, 7) is 0. The fourth-order valence-electron chi connectivity index (χ4n) is 0.747. The molecule has 2 amide bonds. The van der Waals surface area contributed by atoms with Crippen LogP contribution in [0.25, 0.3) is 0 Å². The first-order valence-corrected chi connectivity index (χ1v) is 4.00. The second-order valence-corrected chi connectivity index (χ2v) is 3.08. The van der Waals surface area contributed by atoms with Crippen molar-refractivity contribution in [1.29, 1.82) is 0 Å². The van der Waals surface area contributed by atoms with E-state index in [1.54, 1.807) is 18.2 Å². The molecule has 1 aromatic carbocycles. The highest BCUT2D eigenvalue weighted by Gasteiger charge is 1.98. The molecule has 4 nitrogen and oxygen atoms in total. The summed E-state index contributed by atoms with van der Waals surface area (Å²) in [6, 6.07) is 4.44. The van der Waals surface area contributed by atoms with Gasteiger partial charge in [0.1, 0.15) is 0 Å². The molecule has 0 fully saturated rings. The average Bonchev–Trinajstić information content (AvgIpc) is 1.96. The summed E-state index contributed by atoms with van der Waals surface area (Å²) in [4.78, 5) is 10.4. The standard InChI is InChI=1S/C7H8BrN3O/c8-5-3-4(11-7(10)12)1-2-6(5)9/h1-3H,9H2,(H3,10,11,12). The summed E-state index contributed by atoms with van der Waals surface area (Å²) in [5, 5.41) is 2.43. The first-order chi connectivity index (χ1) is 5.59. The van der Waals surface area contributed by atoms with E-state index < -0.39 is 6.03 Å². The molecule has 5 N–H and O–H groups in total. The molecule has 0 atom stereocenters. The molecule has 0 bridgehead atoms. The number of hydrogen-bond donors (Lipinski definition) is 3. The van der Waals surface area contributed by atoms with Crippen molar-refractivity contribution in [2.24, 2.45) is 5.73 Å². The van der Waals surface area contributed by atoms with Gasteiger partial charge < -0.3 is 16.8 Å². The number of amides is 2. The normalized spacial score (nSPS) is 9.42. The van der Waals surface area contributed by atoms with Gasteiger partial charge in [0, 0.05) is 15.8 Å². The number of hydrogen-bond acceptors (Lipinski definition) is 2. The molecule has 0 aliphatic carbocycles. The van der Waals surface area contributed by atoms with E-state index in [4.69, 9.17) is 11.5 Å². The summed E-state index contributed by atoms with van der Waals surface area (Å²) >= 11 is 3.22. The van der Waals surface area contributed by atoms with E-state index in [1.165, 1.54) is 0 Å². The molecule has 0 aliphatic heterocycles. The lowest BCUT2D eigenvalue weighted by atomic mass is 10.3. The molecule has 0 radical (unpaired) electrons. The van der Waals surface area contributed by atoms with E-state index in [9.17, 15) is 4.79 Å². The van der Waals surface area contributed by atoms with Gasteiger partial charge in [0.15, 0.2) is 0 Å². The van der Waals surface area contributed by atoms with Gasteiger partial charge in [-0.15, -0.1) is 0 Å². The first kappa shape index (κ1) is 8.86. The Morgan fingerprint density at radius 2 is 2.17 bits per heavy atom. The Morgan fingerprint density at radius 3 is 2.67 bits per heavy atom. The highest BCUT2D eigenvalue weighted by molar-refractivity contribution is 9.10. The molecule has 0 unspecified atom stereocenters. The second-order valence-electron chi connectivity index (χ2n) is 2.23. The van der Waals surface area contributed by atoms with E-state index in [0.717, 1.165) is 4.47 Å². The molecule has 0 saturated carbocycles. The van der Waals surface area contributed by atoms with Crippen molar-refractivity contribution in [3.05, 3.63) is 22.7 Å². The molecule has 0 saturated heterocycles. The number of rotatable bonds is 1. The van der Waals surface area contributed by atoms with Crippen LogP contribution in [-0.4, -0.2) is 6.03 Å². The zero-order valence-corrected chi connectivity index (χ0v) is 7.76. The second kappa shape index (κ2) is 3.44. The van der Waals surface area contributed by atoms with Gasteiger partial charge >= 0.3 is 6.03 Å². The van der Waals surface area contributed by atoms with E-state index in [-0.39, 0.29) is 0 Å². The van der Waals surface area contributed by atoms with Crippen LogP contribution in [0.1, 0.15) is 0 Å². The van der Waals surface area contributed by atoms with Crippen molar-refractivity contribution in [3.63, 3.8) is 0 Å². The lowest BCUT2D eigenvalue weighted by Crippen LogP contribution is -2.19. The van der Waals surface area contributed by atoms with Gasteiger partial charge in [0.25, 0.3) is 0 Å². The minimum Gasteiger partial charge on any atom is -0.398 e. The minimum absolute atomic E-state index is 0.591. The van der Waals surface area contributed by atoms with Crippen LogP contribution in [0.4, 0.5) is 16.2 Å². The zero-order valence-electron chi connectivity index (χ0n) is 6.17. The van der Waals surface area contributed by atoms with Gasteiger partial charge in [-0.25, -0.2) is 4.79 Å². The number of carbonyl (C=O) groups is 1. The summed E-state index contributed by atoms with van der Waals surface area (Å²) in [5.74, 6) is 0. The first-order valence-electron chi connectivity index (χ1n) is 3.21. The van der Waals surface area contributed by atoms with Crippen LogP contribution in [-0.2, 0) is 0 Å². The van der Waals surface area contributed by atoms with Crippen molar-refractivity contribution in [1.82, 2.24) is 0 Å². The third-order valence-electron chi connectivity index (χ3n) is 1.27. The highest BCUT2D eigenvalue weighted by Crippen LogP contribution is 2.22. The fourth-order valence-corrected chi connectivity index (χ4v) is 1.13. The summed E-state index contributed by atoms with van der Waals surface area (Å²) in [6.07, 6.45) is 0. The zero-order chi connectivity index (χ0) is 9.14. The molecule has 0 aliphatic rings. The number of halogens is 1. The number of urea groups is 1. The van der Waals surface area contributed by atoms with E-state index >= 15 is 0 Å². The lowest BCUT2D eigenvalue weighted by molar-refractivity contribution is 0.259. The maximum absolute atomic E-state index is 10.4. The van der Waals surface area contributed by atoms with E-state index in [1.807, 2.05) is 0 Å².